The zero-order valence-electron chi connectivity index (χ0n) is 23.9. The van der Waals surface area contributed by atoms with Crippen LogP contribution in [0.5, 0.6) is 5.75 Å². The Hall–Kier alpha value is -3.31. The number of benzene rings is 2. The second-order valence-electron chi connectivity index (χ2n) is 11.3. The molecule has 9 nitrogen and oxygen atoms in total. The van der Waals surface area contributed by atoms with E-state index in [1.54, 1.807) is 17.0 Å². The van der Waals surface area contributed by atoms with Crippen molar-refractivity contribution in [3.8, 4) is 5.75 Å². The number of carbonyl (C=O) groups is 3. The Kier molecular flexibility index (Phi) is 9.03. The number of fused-ring (bicyclic) bond motifs is 1. The molecule has 0 aliphatic carbocycles. The summed E-state index contributed by atoms with van der Waals surface area (Å²) in [5.74, 6) is -0.961. The average Bonchev–Trinajstić information content (AvgIpc) is 3.42. The summed E-state index contributed by atoms with van der Waals surface area (Å²) < 4.78 is 16.9. The summed E-state index contributed by atoms with van der Waals surface area (Å²) >= 11 is 1.36. The van der Waals surface area contributed by atoms with Gasteiger partial charge in [0.05, 0.1) is 32.1 Å². The Morgan fingerprint density at radius 1 is 0.927 bits per heavy atom. The van der Waals surface area contributed by atoms with Gasteiger partial charge in [-0.2, -0.15) is 0 Å². The maximum absolute atomic E-state index is 13.5. The monoisotopic (exact) mass is 579 g/mol. The lowest BCUT2D eigenvalue weighted by atomic mass is 9.94. The predicted octanol–water partition coefficient (Wildman–Crippen LogP) is 4.20. The topological polar surface area (TPSA) is 97.4 Å². The molecular formula is C31H37N3O6S. The summed E-state index contributed by atoms with van der Waals surface area (Å²) in [6.07, 6.45) is 0. The largest absolute Gasteiger partial charge is 0.492 e. The molecule has 2 aliphatic rings. The molecule has 2 saturated heterocycles. The first-order chi connectivity index (χ1) is 19.7. The number of amides is 2. The van der Waals surface area contributed by atoms with Crippen molar-refractivity contribution < 1.29 is 28.6 Å². The Balaban J connectivity index is 1.35. The van der Waals surface area contributed by atoms with Gasteiger partial charge in [-0.15, -0.1) is 11.3 Å². The van der Waals surface area contributed by atoms with E-state index in [-0.39, 0.29) is 16.9 Å². The summed E-state index contributed by atoms with van der Waals surface area (Å²) in [5.41, 5.74) is 0.416. The van der Waals surface area contributed by atoms with E-state index in [4.69, 9.17) is 14.2 Å². The molecule has 41 heavy (non-hydrogen) atoms. The minimum Gasteiger partial charge on any atom is -0.492 e. The summed E-state index contributed by atoms with van der Waals surface area (Å²) in [5, 5.41) is 4.17. The van der Waals surface area contributed by atoms with E-state index in [1.807, 2.05) is 30.3 Å². The van der Waals surface area contributed by atoms with Gasteiger partial charge < -0.3 is 24.4 Å². The summed E-state index contributed by atoms with van der Waals surface area (Å²) in [6.45, 7) is 12.6. The van der Waals surface area contributed by atoms with E-state index in [0.717, 1.165) is 43.1 Å². The predicted molar refractivity (Wildman–Crippen MR) is 159 cm³/mol. The zero-order chi connectivity index (χ0) is 29.0. The molecular weight excluding hydrogens is 542 g/mol. The Labute approximate surface area is 244 Å². The molecule has 10 heteroatoms. The van der Waals surface area contributed by atoms with Crippen molar-refractivity contribution in [1.29, 1.82) is 0 Å². The number of hydrogen-bond donors (Lipinski definition) is 1. The van der Waals surface area contributed by atoms with E-state index in [2.05, 4.69) is 31.0 Å². The van der Waals surface area contributed by atoms with Gasteiger partial charge >= 0.3 is 0 Å². The molecule has 2 aliphatic heterocycles. The van der Waals surface area contributed by atoms with Gasteiger partial charge in [0.2, 0.25) is 0 Å². The highest BCUT2D eigenvalue weighted by molar-refractivity contribution is 7.14. The maximum atomic E-state index is 13.5. The minimum absolute atomic E-state index is 0.166. The number of carbonyl (C=O) groups excluding carboxylic acids is 3. The van der Waals surface area contributed by atoms with Gasteiger partial charge in [-0.05, 0) is 29.0 Å². The van der Waals surface area contributed by atoms with Crippen LogP contribution in [0.2, 0.25) is 0 Å². The Bertz CT molecular complexity index is 1420. The van der Waals surface area contributed by atoms with Crippen molar-refractivity contribution >= 4 is 45.4 Å². The maximum Gasteiger partial charge on any atom is 0.296 e. The van der Waals surface area contributed by atoms with Crippen LogP contribution in [-0.2, 0) is 19.7 Å². The fourth-order valence-electron chi connectivity index (χ4n) is 4.93. The van der Waals surface area contributed by atoms with Crippen molar-refractivity contribution in [2.24, 2.45) is 0 Å². The molecule has 0 bridgehead atoms. The summed E-state index contributed by atoms with van der Waals surface area (Å²) in [7, 11) is 0. The molecule has 1 N–H and O–H groups in total. The van der Waals surface area contributed by atoms with Gasteiger partial charge in [0.15, 0.2) is 0 Å². The molecule has 2 fully saturated rings. The number of Topliss-reactive ketones (excluding diaryl/α,β-unsaturated/α-hetero) is 1. The van der Waals surface area contributed by atoms with Gasteiger partial charge in [0.25, 0.3) is 17.6 Å². The number of ether oxygens (including phenoxy) is 3. The van der Waals surface area contributed by atoms with Gasteiger partial charge in [-0.1, -0.05) is 45.0 Å². The van der Waals surface area contributed by atoms with E-state index in [1.165, 1.54) is 11.3 Å². The van der Waals surface area contributed by atoms with E-state index in [0.29, 0.717) is 54.6 Å². The number of nitrogens with one attached hydrogen (secondary N) is 1. The second kappa shape index (κ2) is 12.7. The number of nitrogens with zero attached hydrogens (tertiary/aromatic N) is 2. The van der Waals surface area contributed by atoms with Crippen LogP contribution in [0.25, 0.3) is 10.8 Å². The molecule has 0 unspecified atom stereocenters. The quantitative estimate of drug-likeness (QED) is 0.316. The van der Waals surface area contributed by atoms with Crippen LogP contribution in [0.3, 0.4) is 0 Å². The van der Waals surface area contributed by atoms with Crippen molar-refractivity contribution in [2.45, 2.75) is 26.2 Å². The van der Waals surface area contributed by atoms with Crippen molar-refractivity contribution in [2.75, 3.05) is 71.1 Å². The van der Waals surface area contributed by atoms with Crippen LogP contribution in [0.1, 0.15) is 45.7 Å². The molecule has 2 aromatic carbocycles. The molecule has 1 aromatic heterocycles. The fraction of sp³-hybridized carbons (Fsp3) is 0.452. The van der Waals surface area contributed by atoms with Gasteiger partial charge in [0, 0.05) is 48.6 Å². The van der Waals surface area contributed by atoms with Crippen LogP contribution in [0.15, 0.2) is 42.5 Å². The first-order valence-electron chi connectivity index (χ1n) is 14.0. The molecule has 0 spiro atoms. The minimum atomic E-state index is -0.787. The molecule has 0 saturated carbocycles. The number of hydrogen-bond acceptors (Lipinski definition) is 8. The Morgan fingerprint density at radius 2 is 1.59 bits per heavy atom. The fourth-order valence-corrected chi connectivity index (χ4v) is 6.07. The molecule has 3 aromatic rings. The van der Waals surface area contributed by atoms with Crippen LogP contribution in [-0.4, -0.2) is 93.2 Å². The highest BCUT2D eigenvalue weighted by atomic mass is 32.1. The van der Waals surface area contributed by atoms with E-state index in [9.17, 15) is 14.4 Å². The summed E-state index contributed by atoms with van der Waals surface area (Å²) in [4.78, 5) is 45.6. The first-order valence-corrected chi connectivity index (χ1v) is 14.9. The van der Waals surface area contributed by atoms with E-state index < -0.39 is 11.7 Å². The third-order valence-corrected chi connectivity index (χ3v) is 8.86. The molecule has 0 radical (unpaired) electrons. The highest BCUT2D eigenvalue weighted by Crippen LogP contribution is 2.37. The third-order valence-electron chi connectivity index (χ3n) is 7.32. The van der Waals surface area contributed by atoms with Crippen molar-refractivity contribution in [3.05, 3.63) is 57.8 Å². The normalized spacial score (nSPS) is 16.5. The zero-order valence-corrected chi connectivity index (χ0v) is 24.7. The van der Waals surface area contributed by atoms with Crippen LogP contribution in [0, 0.1) is 0 Å². The number of anilines is 1. The second-order valence-corrected chi connectivity index (χ2v) is 12.3. The lowest BCUT2D eigenvalue weighted by Gasteiger charge is -2.26. The number of thiophene rings is 1. The summed E-state index contributed by atoms with van der Waals surface area (Å²) in [6, 6.07) is 12.6. The van der Waals surface area contributed by atoms with Gasteiger partial charge in [-0.25, -0.2) is 0 Å². The van der Waals surface area contributed by atoms with Crippen LogP contribution in [0.4, 0.5) is 5.69 Å². The average molecular weight is 580 g/mol. The molecule has 3 heterocycles. The van der Waals surface area contributed by atoms with Crippen LogP contribution < -0.4 is 10.1 Å². The standard InChI is InChI=1S/C31H37N3O6S/c1-31(2,3)26-20-24(28(41-26)30(37)34-13-17-39-18-14-34)32-29(36)27(35)23-8-9-25(22-7-5-4-6-21(22)23)40-19-12-33-10-15-38-16-11-33/h4-9,20H,10-19H2,1-3H3,(H,32,36). The third kappa shape index (κ3) is 6.78. The SMILES string of the molecule is CC(C)(C)c1cc(NC(=O)C(=O)c2ccc(OCCN3CCOCC3)c3ccccc23)c(C(=O)N2CCOCC2)s1. The molecule has 5 rings (SSSR count). The smallest absolute Gasteiger partial charge is 0.296 e. The van der Waals surface area contributed by atoms with Gasteiger partial charge in [0.1, 0.15) is 17.2 Å². The highest BCUT2D eigenvalue weighted by Gasteiger charge is 2.29. The molecule has 2 amide bonds. The van der Waals surface area contributed by atoms with Crippen LogP contribution >= 0.6 is 11.3 Å². The first kappa shape index (κ1) is 29.2. The Morgan fingerprint density at radius 3 is 2.27 bits per heavy atom. The lowest BCUT2D eigenvalue weighted by molar-refractivity contribution is -0.112. The number of morpholine rings is 2. The van der Waals surface area contributed by atoms with Crippen molar-refractivity contribution in [3.63, 3.8) is 0 Å². The number of ketones is 1. The van der Waals surface area contributed by atoms with E-state index >= 15 is 0 Å². The lowest BCUT2D eigenvalue weighted by Crippen LogP contribution is -2.40. The number of rotatable bonds is 8. The molecule has 218 valence electrons. The molecule has 0 atom stereocenters. The van der Waals surface area contributed by atoms with Crippen molar-refractivity contribution in [1.82, 2.24) is 9.80 Å². The van der Waals surface area contributed by atoms with Gasteiger partial charge in [-0.3, -0.25) is 19.3 Å².